The van der Waals surface area contributed by atoms with E-state index in [0.717, 1.165) is 50.9 Å². The minimum atomic E-state index is -4.38. The van der Waals surface area contributed by atoms with Crippen LogP contribution in [0, 0.1) is 24.5 Å². The normalized spacial score (nSPS) is 26.0. The first-order chi connectivity index (χ1) is 26.4. The van der Waals surface area contributed by atoms with Crippen LogP contribution in [0.15, 0.2) is 24.3 Å². The zero-order valence-corrected chi connectivity index (χ0v) is 31.5. The lowest BCUT2D eigenvalue weighted by Crippen LogP contribution is -2.56. The maximum atomic E-state index is 17.5. The molecule has 3 saturated heterocycles. The molecule has 4 aliphatic heterocycles. The molecule has 5 aliphatic rings. The standard InChI is InChI=1S/C41H47F5N6O3/c1-4-25-19-51-26(18-47-25)9-11-31-33-35(34(43)36(50(31)3)29-17-28(53)16-24-8-10-30(42)22(2)32(24)29)48-39(49-38(33)51)55-21-40-13-5-15-52(40)27(12-14-40)20-54-37(23-6-7-23)41(44,45)46/h8,10,16-17,23,25-27,37,47H,4-7,9,11-15,18-21H2,1-3H3/p+1/t25-,26-,27+,37?,40+/m1/s1. The third-order valence-electron chi connectivity index (χ3n) is 13.2. The first kappa shape index (κ1) is 36.7. The SMILES string of the molecule is CC[C@@H]1CN2c3nc(OC[C@@]45CCCN4[C@H](COC(C4CC4)C(F)(F)F)CC5)nc4c(F)c(-c5cc(O)cc6ccc(F)c(C)c56)[n+](C)c(c34)CC[C@@H]2CN1. The number of aryl methyl sites for hydroxylation is 2. The maximum absolute atomic E-state index is 17.5. The Morgan fingerprint density at radius 1 is 1.09 bits per heavy atom. The van der Waals surface area contributed by atoms with Gasteiger partial charge in [-0.1, -0.05) is 13.0 Å². The molecule has 14 heteroatoms. The summed E-state index contributed by atoms with van der Waals surface area (Å²) in [6, 6.07) is 6.14. The Kier molecular flexibility index (Phi) is 9.12. The molecule has 0 amide bonds. The van der Waals surface area contributed by atoms with E-state index in [1.165, 1.54) is 12.1 Å². The lowest BCUT2D eigenvalue weighted by Gasteiger charge is -2.40. The van der Waals surface area contributed by atoms with E-state index < -0.39 is 35.4 Å². The molecule has 55 heavy (non-hydrogen) atoms. The Balaban J connectivity index is 1.12. The number of phenolic OH excluding ortho intramolecular Hbond substituents is 1. The van der Waals surface area contributed by atoms with Crippen molar-refractivity contribution in [3.05, 3.63) is 47.2 Å². The number of hydrogen-bond acceptors (Lipinski definition) is 8. The van der Waals surface area contributed by atoms with Gasteiger partial charge in [0.1, 0.15) is 36.1 Å². The van der Waals surface area contributed by atoms with Gasteiger partial charge in [-0.15, -0.1) is 0 Å². The van der Waals surface area contributed by atoms with Crippen molar-refractivity contribution in [2.75, 3.05) is 37.7 Å². The van der Waals surface area contributed by atoms with Crippen LogP contribution in [0.1, 0.15) is 69.5 Å². The largest absolute Gasteiger partial charge is 0.508 e. The summed E-state index contributed by atoms with van der Waals surface area (Å²) in [4.78, 5) is 14.4. The highest BCUT2D eigenvalue weighted by Gasteiger charge is 2.53. The number of ether oxygens (including phenoxy) is 2. The van der Waals surface area contributed by atoms with Crippen molar-refractivity contribution in [3.63, 3.8) is 0 Å². The van der Waals surface area contributed by atoms with Gasteiger partial charge in [0.25, 0.3) is 5.69 Å². The Labute approximate surface area is 316 Å². The molecule has 1 saturated carbocycles. The molecule has 1 aliphatic carbocycles. The lowest BCUT2D eigenvalue weighted by molar-refractivity contribution is -0.667. The second kappa shape index (κ2) is 13.7. The molecule has 2 aromatic heterocycles. The second-order valence-corrected chi connectivity index (χ2v) is 16.5. The fourth-order valence-electron chi connectivity index (χ4n) is 10.1. The van der Waals surface area contributed by atoms with Crippen LogP contribution in [0.4, 0.5) is 27.8 Å². The van der Waals surface area contributed by atoms with Crippen LogP contribution >= 0.6 is 0 Å². The highest BCUT2D eigenvalue weighted by atomic mass is 19.4. The first-order valence-electron chi connectivity index (χ1n) is 19.8. The van der Waals surface area contributed by atoms with Gasteiger partial charge in [-0.25, -0.2) is 4.39 Å². The zero-order valence-electron chi connectivity index (χ0n) is 31.5. The highest BCUT2D eigenvalue weighted by molar-refractivity contribution is 6.01. The predicted molar refractivity (Wildman–Crippen MR) is 197 cm³/mol. The smallest absolute Gasteiger partial charge is 0.414 e. The molecule has 9 rings (SSSR count). The summed E-state index contributed by atoms with van der Waals surface area (Å²) in [5, 5.41) is 16.2. The topological polar surface area (TPSA) is 86.9 Å². The number of hydrogen-bond donors (Lipinski definition) is 2. The summed E-state index contributed by atoms with van der Waals surface area (Å²) in [5.74, 6) is -0.966. The van der Waals surface area contributed by atoms with Crippen LogP contribution in [0.2, 0.25) is 0 Å². The van der Waals surface area contributed by atoms with E-state index in [9.17, 15) is 18.3 Å². The van der Waals surface area contributed by atoms with Crippen LogP contribution in [0.3, 0.4) is 0 Å². The van der Waals surface area contributed by atoms with Crippen LogP contribution < -0.4 is 19.5 Å². The molecule has 4 aromatic rings. The van der Waals surface area contributed by atoms with Crippen molar-refractivity contribution < 1.29 is 41.1 Å². The molecule has 0 radical (unpaired) electrons. The third kappa shape index (κ3) is 6.26. The number of aromatic hydroxyl groups is 1. The highest BCUT2D eigenvalue weighted by Crippen LogP contribution is 2.46. The number of phenols is 1. The van der Waals surface area contributed by atoms with E-state index in [4.69, 9.17) is 19.4 Å². The van der Waals surface area contributed by atoms with Gasteiger partial charge < -0.3 is 24.8 Å². The maximum Gasteiger partial charge on any atom is 0.414 e. The van der Waals surface area contributed by atoms with Crippen LogP contribution in [0.25, 0.3) is 32.9 Å². The Morgan fingerprint density at radius 3 is 2.67 bits per heavy atom. The summed E-state index contributed by atoms with van der Waals surface area (Å²) in [6.07, 6.45) is 0.395. The van der Waals surface area contributed by atoms with Crippen LogP contribution in [-0.4, -0.2) is 88.8 Å². The molecule has 0 bridgehead atoms. The Bertz CT molecular complexity index is 2160. The molecule has 1 unspecified atom stereocenters. The summed E-state index contributed by atoms with van der Waals surface area (Å²) in [5.41, 5.74) is 1.40. The number of pyridine rings is 1. The van der Waals surface area contributed by atoms with Crippen LogP contribution in [-0.2, 0) is 18.2 Å². The number of halogens is 5. The van der Waals surface area contributed by atoms with Crippen molar-refractivity contribution in [1.29, 1.82) is 0 Å². The summed E-state index contributed by atoms with van der Waals surface area (Å²) >= 11 is 0. The molecule has 9 nitrogen and oxygen atoms in total. The zero-order chi connectivity index (χ0) is 38.4. The first-order valence-corrected chi connectivity index (χ1v) is 19.8. The van der Waals surface area contributed by atoms with Crippen molar-refractivity contribution in [3.8, 4) is 23.0 Å². The molecular formula is C41H48F5N6O3+. The number of fused-ring (bicyclic) bond motifs is 4. The molecule has 2 aromatic carbocycles. The van der Waals surface area contributed by atoms with Crippen molar-refractivity contribution in [1.82, 2.24) is 20.2 Å². The number of aromatic nitrogens is 3. The minimum absolute atomic E-state index is 0.0168. The number of alkyl halides is 3. The summed E-state index contributed by atoms with van der Waals surface area (Å²) in [7, 11) is 1.80. The number of rotatable bonds is 9. The fourth-order valence-corrected chi connectivity index (χ4v) is 10.1. The van der Waals surface area contributed by atoms with E-state index in [1.54, 1.807) is 26.1 Å². The van der Waals surface area contributed by atoms with E-state index >= 15 is 8.78 Å². The molecule has 6 heterocycles. The van der Waals surface area contributed by atoms with Gasteiger partial charge in [-0.2, -0.15) is 32.1 Å². The van der Waals surface area contributed by atoms with Crippen LogP contribution in [0.5, 0.6) is 11.8 Å². The average Bonchev–Trinajstić information content (AvgIpc) is 3.84. The van der Waals surface area contributed by atoms with Gasteiger partial charge in [0.05, 0.1) is 17.7 Å². The van der Waals surface area contributed by atoms with Gasteiger partial charge in [0.2, 0.25) is 5.82 Å². The monoisotopic (exact) mass is 767 g/mol. The molecule has 4 fully saturated rings. The van der Waals surface area contributed by atoms with E-state index in [2.05, 4.69) is 22.0 Å². The summed E-state index contributed by atoms with van der Waals surface area (Å²) in [6.45, 7) is 6.15. The van der Waals surface area contributed by atoms with Crippen molar-refractivity contribution in [2.24, 2.45) is 13.0 Å². The van der Waals surface area contributed by atoms with Gasteiger partial charge >= 0.3 is 12.2 Å². The van der Waals surface area contributed by atoms with E-state index in [0.29, 0.717) is 65.3 Å². The number of nitrogens with zero attached hydrogens (tertiary/aromatic N) is 5. The second-order valence-electron chi connectivity index (χ2n) is 16.5. The fraction of sp³-hybridized carbons (Fsp3) is 0.585. The quantitative estimate of drug-likeness (QED) is 0.142. The number of piperazine rings is 1. The molecule has 5 atom stereocenters. The van der Waals surface area contributed by atoms with Gasteiger partial charge in [-0.05, 0) is 99.9 Å². The number of nitrogens with one attached hydrogen (secondary N) is 1. The lowest BCUT2D eigenvalue weighted by atomic mass is 9.95. The average molecular weight is 768 g/mol. The van der Waals surface area contributed by atoms with Crippen molar-refractivity contribution >= 4 is 27.5 Å². The molecule has 294 valence electrons. The predicted octanol–water partition coefficient (Wildman–Crippen LogP) is 6.80. The van der Waals surface area contributed by atoms with E-state index in [-0.39, 0.29) is 54.3 Å². The molecule has 0 spiro atoms. The van der Waals surface area contributed by atoms with Gasteiger partial charge in [-0.3, -0.25) is 4.90 Å². The Morgan fingerprint density at radius 2 is 1.91 bits per heavy atom. The van der Waals surface area contributed by atoms with Gasteiger partial charge in [0, 0.05) is 43.0 Å². The molecule has 2 N–H and O–H groups in total. The van der Waals surface area contributed by atoms with Gasteiger partial charge in [0.15, 0.2) is 17.6 Å². The minimum Gasteiger partial charge on any atom is -0.508 e. The summed E-state index contributed by atoms with van der Waals surface area (Å²) < 4.78 is 87.8. The number of anilines is 1. The molecular weight excluding hydrogens is 719 g/mol. The number of benzene rings is 2. The third-order valence-corrected chi connectivity index (χ3v) is 13.2. The van der Waals surface area contributed by atoms with Crippen molar-refractivity contribution in [2.45, 2.75) is 108 Å². The van der Waals surface area contributed by atoms with E-state index in [1.807, 2.05) is 4.57 Å². The Hall–Kier alpha value is -3.88.